The van der Waals surface area contributed by atoms with Crippen molar-refractivity contribution < 1.29 is 9.53 Å². The molecule has 0 aliphatic heterocycles. The highest BCUT2D eigenvalue weighted by atomic mass is 35.5. The molecule has 1 aliphatic rings. The second-order valence-corrected chi connectivity index (χ2v) is 7.15. The van der Waals surface area contributed by atoms with E-state index in [0.717, 1.165) is 30.7 Å². The fraction of sp³-hybridized carbons (Fsp3) is 0.562. The van der Waals surface area contributed by atoms with E-state index in [4.69, 9.17) is 16.3 Å². The lowest BCUT2D eigenvalue weighted by molar-refractivity contribution is -0.152. The Morgan fingerprint density at radius 1 is 1.48 bits per heavy atom. The number of nitrogens with one attached hydrogen (secondary N) is 1. The lowest BCUT2D eigenvalue weighted by atomic mass is 9.81. The van der Waals surface area contributed by atoms with Gasteiger partial charge in [-0.25, -0.2) is 0 Å². The van der Waals surface area contributed by atoms with Crippen molar-refractivity contribution in [2.45, 2.75) is 48.3 Å². The molecule has 1 aromatic carbocycles. The van der Waals surface area contributed by atoms with Crippen LogP contribution in [0.15, 0.2) is 29.2 Å². The van der Waals surface area contributed by atoms with E-state index in [1.54, 1.807) is 0 Å². The number of hydrogen-bond donors (Lipinski definition) is 1. The van der Waals surface area contributed by atoms with Gasteiger partial charge in [0.05, 0.1) is 6.61 Å². The monoisotopic (exact) mass is 327 g/mol. The molecule has 1 N–H and O–H groups in total. The van der Waals surface area contributed by atoms with Gasteiger partial charge >= 0.3 is 5.97 Å². The van der Waals surface area contributed by atoms with Crippen molar-refractivity contribution in [3.8, 4) is 0 Å². The summed E-state index contributed by atoms with van der Waals surface area (Å²) >= 11 is 7.74. The molecule has 0 amide bonds. The molecule has 116 valence electrons. The van der Waals surface area contributed by atoms with Crippen LogP contribution >= 0.6 is 23.4 Å². The molecule has 1 fully saturated rings. The third kappa shape index (κ3) is 4.15. The second-order valence-electron chi connectivity index (χ2n) is 5.34. The molecule has 2 rings (SSSR count). The Balaban J connectivity index is 2.05. The number of carbonyl (C=O) groups is 1. The summed E-state index contributed by atoms with van der Waals surface area (Å²) in [5.41, 5.74) is -0.529. The van der Waals surface area contributed by atoms with Gasteiger partial charge in [0.1, 0.15) is 5.54 Å². The van der Waals surface area contributed by atoms with E-state index in [1.165, 1.54) is 4.90 Å². The molecule has 1 aliphatic carbocycles. The molecule has 0 bridgehead atoms. The highest BCUT2D eigenvalue weighted by molar-refractivity contribution is 8.00. The molecule has 2 unspecified atom stereocenters. The Morgan fingerprint density at radius 2 is 2.19 bits per heavy atom. The summed E-state index contributed by atoms with van der Waals surface area (Å²) < 4.78 is 5.26. The van der Waals surface area contributed by atoms with Gasteiger partial charge in [-0.15, -0.1) is 11.8 Å². The standard InChI is InChI=1S/C16H22ClNO2S/c1-3-20-15(19)16(18-2)10-4-5-14(11-16)21-13-8-6-12(17)7-9-13/h6-9,14,18H,3-5,10-11H2,1-2H3. The molecule has 3 nitrogen and oxygen atoms in total. The largest absolute Gasteiger partial charge is 0.465 e. The van der Waals surface area contributed by atoms with Crippen molar-refractivity contribution in [2.75, 3.05) is 13.7 Å². The smallest absolute Gasteiger partial charge is 0.326 e. The van der Waals surface area contributed by atoms with Crippen molar-refractivity contribution in [1.29, 1.82) is 0 Å². The van der Waals surface area contributed by atoms with Crippen molar-refractivity contribution in [2.24, 2.45) is 0 Å². The number of halogens is 1. The van der Waals surface area contributed by atoms with Gasteiger partial charge in [0.15, 0.2) is 0 Å². The number of esters is 1. The summed E-state index contributed by atoms with van der Waals surface area (Å²) in [6.07, 6.45) is 3.80. The van der Waals surface area contributed by atoms with Crippen molar-refractivity contribution in [1.82, 2.24) is 5.32 Å². The van der Waals surface area contributed by atoms with E-state index < -0.39 is 5.54 Å². The Labute approximate surface area is 135 Å². The van der Waals surface area contributed by atoms with Crippen LogP contribution in [0.5, 0.6) is 0 Å². The molecule has 0 aromatic heterocycles. The normalized spacial score (nSPS) is 25.6. The maximum absolute atomic E-state index is 12.3. The highest BCUT2D eigenvalue weighted by Gasteiger charge is 2.43. The predicted molar refractivity (Wildman–Crippen MR) is 88.0 cm³/mol. The molecular weight excluding hydrogens is 306 g/mol. The lowest BCUT2D eigenvalue weighted by Crippen LogP contribution is -2.54. The van der Waals surface area contributed by atoms with Crippen LogP contribution < -0.4 is 5.32 Å². The van der Waals surface area contributed by atoms with Crippen LogP contribution in [0.25, 0.3) is 0 Å². The number of ether oxygens (including phenoxy) is 1. The number of rotatable bonds is 5. The minimum atomic E-state index is -0.529. The van der Waals surface area contributed by atoms with Gasteiger partial charge in [0.25, 0.3) is 0 Å². The maximum atomic E-state index is 12.3. The number of hydrogen-bond acceptors (Lipinski definition) is 4. The fourth-order valence-corrected chi connectivity index (χ4v) is 4.27. The Hall–Kier alpha value is -0.710. The van der Waals surface area contributed by atoms with E-state index >= 15 is 0 Å². The highest BCUT2D eigenvalue weighted by Crippen LogP contribution is 2.39. The predicted octanol–water partition coefficient (Wildman–Crippen LogP) is 3.90. The number of thioether (sulfide) groups is 1. The van der Waals surface area contributed by atoms with E-state index in [0.29, 0.717) is 11.9 Å². The molecule has 0 saturated heterocycles. The first-order valence-electron chi connectivity index (χ1n) is 7.38. The zero-order valence-corrected chi connectivity index (χ0v) is 14.1. The van der Waals surface area contributed by atoms with E-state index in [9.17, 15) is 4.79 Å². The molecule has 2 atom stereocenters. The Kier molecular flexibility index (Phi) is 5.97. The van der Waals surface area contributed by atoms with Crippen LogP contribution in [0, 0.1) is 0 Å². The SMILES string of the molecule is CCOC(=O)C1(NC)CCCC(Sc2ccc(Cl)cc2)C1. The summed E-state index contributed by atoms with van der Waals surface area (Å²) in [6.45, 7) is 2.28. The van der Waals surface area contributed by atoms with Gasteiger partial charge in [0.2, 0.25) is 0 Å². The average molecular weight is 328 g/mol. The summed E-state index contributed by atoms with van der Waals surface area (Å²) in [6, 6.07) is 7.88. The third-order valence-corrected chi connectivity index (χ3v) is 5.50. The zero-order valence-electron chi connectivity index (χ0n) is 12.5. The number of carbonyl (C=O) groups excluding carboxylic acids is 1. The van der Waals surface area contributed by atoms with Crippen LogP contribution in [0.3, 0.4) is 0 Å². The summed E-state index contributed by atoms with van der Waals surface area (Å²) in [7, 11) is 1.85. The van der Waals surface area contributed by atoms with Crippen LogP contribution in [-0.2, 0) is 9.53 Å². The molecule has 1 saturated carbocycles. The lowest BCUT2D eigenvalue weighted by Gasteiger charge is -2.38. The summed E-state index contributed by atoms with van der Waals surface area (Å²) in [5.74, 6) is -0.117. The van der Waals surface area contributed by atoms with Gasteiger partial charge < -0.3 is 10.1 Å². The number of likely N-dealkylation sites (N-methyl/N-ethyl adjacent to an activating group) is 1. The maximum Gasteiger partial charge on any atom is 0.326 e. The van der Waals surface area contributed by atoms with E-state index in [-0.39, 0.29) is 5.97 Å². The van der Waals surface area contributed by atoms with Gasteiger partial charge in [-0.05, 0) is 63.9 Å². The number of benzene rings is 1. The molecule has 0 heterocycles. The molecule has 5 heteroatoms. The molecule has 0 spiro atoms. The summed E-state index contributed by atoms with van der Waals surface area (Å²) in [4.78, 5) is 13.5. The van der Waals surface area contributed by atoms with Crippen LogP contribution in [0.4, 0.5) is 0 Å². The van der Waals surface area contributed by atoms with Crippen molar-refractivity contribution in [3.05, 3.63) is 29.3 Å². The average Bonchev–Trinajstić information content (AvgIpc) is 2.50. The van der Waals surface area contributed by atoms with Crippen molar-refractivity contribution in [3.63, 3.8) is 0 Å². The van der Waals surface area contributed by atoms with Gasteiger partial charge in [0, 0.05) is 15.2 Å². The Bertz CT molecular complexity index is 480. The zero-order chi connectivity index (χ0) is 15.3. The summed E-state index contributed by atoms with van der Waals surface area (Å²) in [5, 5.41) is 4.38. The van der Waals surface area contributed by atoms with Crippen LogP contribution in [-0.4, -0.2) is 30.4 Å². The minimum Gasteiger partial charge on any atom is -0.465 e. The fourth-order valence-electron chi connectivity index (χ4n) is 2.81. The third-order valence-electron chi connectivity index (χ3n) is 3.97. The van der Waals surface area contributed by atoms with Crippen LogP contribution in [0.1, 0.15) is 32.6 Å². The molecule has 0 radical (unpaired) electrons. The Morgan fingerprint density at radius 3 is 2.81 bits per heavy atom. The quantitative estimate of drug-likeness (QED) is 0.832. The van der Waals surface area contributed by atoms with Crippen molar-refractivity contribution >= 4 is 29.3 Å². The van der Waals surface area contributed by atoms with Gasteiger partial charge in [-0.2, -0.15) is 0 Å². The van der Waals surface area contributed by atoms with Crippen LogP contribution in [0.2, 0.25) is 5.02 Å². The molecule has 21 heavy (non-hydrogen) atoms. The minimum absolute atomic E-state index is 0.117. The van der Waals surface area contributed by atoms with Gasteiger partial charge in [-0.1, -0.05) is 11.6 Å². The first kappa shape index (κ1) is 16.7. The first-order chi connectivity index (χ1) is 10.1. The van der Waals surface area contributed by atoms with E-state index in [2.05, 4.69) is 5.32 Å². The second kappa shape index (κ2) is 7.52. The van der Waals surface area contributed by atoms with E-state index in [1.807, 2.05) is 50.0 Å². The topological polar surface area (TPSA) is 38.3 Å². The molecule has 1 aromatic rings. The molecular formula is C16H22ClNO2S. The first-order valence-corrected chi connectivity index (χ1v) is 8.64. The van der Waals surface area contributed by atoms with Gasteiger partial charge in [-0.3, -0.25) is 4.79 Å².